The lowest BCUT2D eigenvalue weighted by molar-refractivity contribution is -0.0279. The number of aromatic nitrogens is 1. The Morgan fingerprint density at radius 3 is 2.90 bits per heavy atom. The van der Waals surface area contributed by atoms with Crippen LogP contribution in [0.1, 0.15) is 33.4 Å². The van der Waals surface area contributed by atoms with Crippen LogP contribution in [-0.4, -0.2) is 36.8 Å². The van der Waals surface area contributed by atoms with Gasteiger partial charge in [-0.15, -0.1) is 0 Å². The summed E-state index contributed by atoms with van der Waals surface area (Å²) < 4.78 is 5.76. The third-order valence-corrected chi connectivity index (χ3v) is 3.40. The fourth-order valence-corrected chi connectivity index (χ4v) is 2.44. The number of morpholine rings is 1. The maximum atomic E-state index is 5.76. The van der Waals surface area contributed by atoms with Crippen LogP contribution < -0.4 is 10.2 Å². The van der Waals surface area contributed by atoms with Crippen molar-refractivity contribution in [1.29, 1.82) is 0 Å². The minimum atomic E-state index is -0.0914. The van der Waals surface area contributed by atoms with E-state index in [1.165, 1.54) is 0 Å². The predicted molar refractivity (Wildman–Crippen MR) is 83.0 cm³/mol. The topological polar surface area (TPSA) is 37.4 Å². The average Bonchev–Trinajstić information content (AvgIpc) is 2.37. The van der Waals surface area contributed by atoms with Crippen LogP contribution in [0.15, 0.2) is 18.2 Å². The molecule has 0 aromatic carbocycles. The Bertz CT molecular complexity index is 431. The first kappa shape index (κ1) is 15.3. The van der Waals surface area contributed by atoms with Gasteiger partial charge < -0.3 is 15.0 Å². The molecule has 1 saturated heterocycles. The lowest BCUT2D eigenvalue weighted by Gasteiger charge is -2.38. The lowest BCUT2D eigenvalue weighted by atomic mass is 10.1. The fraction of sp³-hybridized carbons (Fsp3) is 0.688. The highest BCUT2D eigenvalue weighted by molar-refractivity contribution is 5.40. The first-order chi connectivity index (χ1) is 9.46. The molecule has 1 fully saturated rings. The second-order valence-corrected chi connectivity index (χ2v) is 6.54. The van der Waals surface area contributed by atoms with Crippen LogP contribution in [0.2, 0.25) is 0 Å². The molecule has 0 spiro atoms. The molecule has 2 rings (SSSR count). The molecule has 4 nitrogen and oxygen atoms in total. The molecule has 1 aliphatic heterocycles. The Morgan fingerprint density at radius 1 is 1.40 bits per heavy atom. The second kappa shape index (κ2) is 6.55. The van der Waals surface area contributed by atoms with E-state index in [-0.39, 0.29) is 5.60 Å². The van der Waals surface area contributed by atoms with Crippen molar-refractivity contribution in [3.63, 3.8) is 0 Å². The first-order valence-corrected chi connectivity index (χ1v) is 7.52. The van der Waals surface area contributed by atoms with Gasteiger partial charge in [-0.05, 0) is 38.4 Å². The van der Waals surface area contributed by atoms with Crippen molar-refractivity contribution in [2.75, 3.05) is 31.1 Å². The number of hydrogen-bond donors (Lipinski definition) is 1. The molecular formula is C16H27N3O. The minimum Gasteiger partial charge on any atom is -0.372 e. The van der Waals surface area contributed by atoms with Gasteiger partial charge in [-0.3, -0.25) is 0 Å². The molecular weight excluding hydrogens is 250 g/mol. The molecule has 1 aromatic rings. The standard InChI is InChI=1S/C16H27N3O/c1-13(2)10-17-11-14-6-5-7-15(18-14)19-8-9-20-16(3,4)12-19/h5-7,13,17H,8-12H2,1-4H3. The van der Waals surface area contributed by atoms with Gasteiger partial charge in [-0.1, -0.05) is 19.9 Å². The summed E-state index contributed by atoms with van der Waals surface area (Å²) in [6.07, 6.45) is 0. The average molecular weight is 277 g/mol. The van der Waals surface area contributed by atoms with Crippen molar-refractivity contribution < 1.29 is 4.74 Å². The Balaban J connectivity index is 1.98. The summed E-state index contributed by atoms with van der Waals surface area (Å²) in [5.41, 5.74) is 1.01. The summed E-state index contributed by atoms with van der Waals surface area (Å²) in [6, 6.07) is 6.27. The van der Waals surface area contributed by atoms with Crippen molar-refractivity contribution in [1.82, 2.24) is 10.3 Å². The number of pyridine rings is 1. The van der Waals surface area contributed by atoms with Crippen LogP contribution in [-0.2, 0) is 11.3 Å². The number of nitrogens with zero attached hydrogens (tertiary/aromatic N) is 2. The molecule has 0 aliphatic carbocycles. The van der Waals surface area contributed by atoms with E-state index >= 15 is 0 Å². The van der Waals surface area contributed by atoms with Crippen LogP contribution in [0.5, 0.6) is 0 Å². The zero-order valence-electron chi connectivity index (χ0n) is 13.1. The molecule has 20 heavy (non-hydrogen) atoms. The second-order valence-electron chi connectivity index (χ2n) is 6.54. The summed E-state index contributed by atoms with van der Waals surface area (Å²) >= 11 is 0. The van der Waals surface area contributed by atoms with Crippen LogP contribution in [0.3, 0.4) is 0 Å². The van der Waals surface area contributed by atoms with Crippen molar-refractivity contribution in [3.05, 3.63) is 23.9 Å². The maximum Gasteiger partial charge on any atom is 0.129 e. The van der Waals surface area contributed by atoms with Gasteiger partial charge in [0.1, 0.15) is 5.82 Å². The number of rotatable bonds is 5. The Labute approximate surface area is 122 Å². The molecule has 0 saturated carbocycles. The van der Waals surface area contributed by atoms with Gasteiger partial charge >= 0.3 is 0 Å². The smallest absolute Gasteiger partial charge is 0.129 e. The van der Waals surface area contributed by atoms with Crippen molar-refractivity contribution in [2.24, 2.45) is 5.92 Å². The van der Waals surface area contributed by atoms with Gasteiger partial charge in [-0.2, -0.15) is 0 Å². The van der Waals surface area contributed by atoms with Gasteiger partial charge in [0, 0.05) is 19.6 Å². The first-order valence-electron chi connectivity index (χ1n) is 7.52. The molecule has 0 radical (unpaired) electrons. The summed E-state index contributed by atoms with van der Waals surface area (Å²) in [4.78, 5) is 7.08. The normalized spacial score (nSPS) is 18.6. The maximum absolute atomic E-state index is 5.76. The van der Waals surface area contributed by atoms with Crippen LogP contribution in [0.25, 0.3) is 0 Å². The Hall–Kier alpha value is -1.13. The van der Waals surface area contributed by atoms with Gasteiger partial charge in [0.15, 0.2) is 0 Å². The van der Waals surface area contributed by atoms with E-state index in [4.69, 9.17) is 9.72 Å². The molecule has 1 aromatic heterocycles. The molecule has 2 heterocycles. The van der Waals surface area contributed by atoms with E-state index in [2.05, 4.69) is 56.1 Å². The highest BCUT2D eigenvalue weighted by atomic mass is 16.5. The minimum absolute atomic E-state index is 0.0914. The van der Waals surface area contributed by atoms with E-state index in [9.17, 15) is 0 Å². The lowest BCUT2D eigenvalue weighted by Crippen LogP contribution is -2.48. The zero-order valence-corrected chi connectivity index (χ0v) is 13.1. The van der Waals surface area contributed by atoms with Crippen LogP contribution in [0, 0.1) is 5.92 Å². The number of anilines is 1. The van der Waals surface area contributed by atoms with E-state index < -0.39 is 0 Å². The largest absolute Gasteiger partial charge is 0.372 e. The van der Waals surface area contributed by atoms with E-state index in [1.54, 1.807) is 0 Å². The summed E-state index contributed by atoms with van der Waals surface area (Å²) in [5.74, 6) is 1.73. The monoisotopic (exact) mass is 277 g/mol. The molecule has 0 atom stereocenters. The fourth-order valence-electron chi connectivity index (χ4n) is 2.44. The van der Waals surface area contributed by atoms with Gasteiger partial charge in [0.25, 0.3) is 0 Å². The van der Waals surface area contributed by atoms with E-state index in [0.717, 1.165) is 44.3 Å². The SMILES string of the molecule is CC(C)CNCc1cccc(N2CCOC(C)(C)C2)n1. The summed E-state index contributed by atoms with van der Waals surface area (Å²) in [7, 11) is 0. The molecule has 0 unspecified atom stereocenters. The third kappa shape index (κ3) is 4.46. The van der Waals surface area contributed by atoms with Crippen molar-refractivity contribution in [3.8, 4) is 0 Å². The molecule has 4 heteroatoms. The van der Waals surface area contributed by atoms with Crippen molar-refractivity contribution >= 4 is 5.82 Å². The zero-order chi connectivity index (χ0) is 14.6. The van der Waals surface area contributed by atoms with E-state index in [1.807, 2.05) is 0 Å². The number of hydrogen-bond acceptors (Lipinski definition) is 4. The Kier molecular flexibility index (Phi) is 5.00. The quantitative estimate of drug-likeness (QED) is 0.897. The summed E-state index contributed by atoms with van der Waals surface area (Å²) in [5, 5.41) is 3.44. The summed E-state index contributed by atoms with van der Waals surface area (Å²) in [6.45, 7) is 13.1. The van der Waals surface area contributed by atoms with Gasteiger partial charge in [0.05, 0.1) is 17.9 Å². The third-order valence-electron chi connectivity index (χ3n) is 3.40. The highest BCUT2D eigenvalue weighted by Crippen LogP contribution is 2.21. The van der Waals surface area contributed by atoms with E-state index in [0.29, 0.717) is 5.92 Å². The van der Waals surface area contributed by atoms with Crippen LogP contribution in [0.4, 0.5) is 5.82 Å². The Morgan fingerprint density at radius 2 is 2.20 bits per heavy atom. The van der Waals surface area contributed by atoms with Gasteiger partial charge in [-0.25, -0.2) is 4.98 Å². The van der Waals surface area contributed by atoms with Gasteiger partial charge in [0.2, 0.25) is 0 Å². The number of nitrogens with one attached hydrogen (secondary N) is 1. The van der Waals surface area contributed by atoms with Crippen LogP contribution >= 0.6 is 0 Å². The molecule has 112 valence electrons. The van der Waals surface area contributed by atoms with Crippen molar-refractivity contribution in [2.45, 2.75) is 39.8 Å². The number of ether oxygens (including phenoxy) is 1. The molecule has 0 amide bonds. The highest BCUT2D eigenvalue weighted by Gasteiger charge is 2.27. The predicted octanol–water partition coefficient (Wildman–Crippen LogP) is 2.44. The molecule has 1 aliphatic rings. The molecule has 1 N–H and O–H groups in total. The molecule has 0 bridgehead atoms.